The minimum absolute atomic E-state index is 0.188. The van der Waals surface area contributed by atoms with Gasteiger partial charge in [-0.25, -0.2) is 4.39 Å². The molecule has 3 heteroatoms. The summed E-state index contributed by atoms with van der Waals surface area (Å²) in [6.45, 7) is 0.711. The Morgan fingerprint density at radius 2 is 1.64 bits per heavy atom. The molecule has 2 heterocycles. The van der Waals surface area contributed by atoms with E-state index in [1.54, 1.807) is 0 Å². The van der Waals surface area contributed by atoms with E-state index in [0.29, 0.717) is 18.6 Å². The van der Waals surface area contributed by atoms with Crippen molar-refractivity contribution in [1.82, 2.24) is 4.90 Å². The summed E-state index contributed by atoms with van der Waals surface area (Å²) in [5.74, 6) is -0.188. The standard InChI is InChI=1S/C22H24FNO/c23-19-8-6-16(7-9-19)12-17-13-20-10-11-21(14-17)24(20)15-22(25)18-4-2-1-3-5-18/h1-9,12,20-22,25H,10-11,13-15H2/t20-,21+,22-/m0/s1. The second kappa shape index (κ2) is 7.11. The third-order valence-corrected chi connectivity index (χ3v) is 5.58. The molecule has 0 aliphatic carbocycles. The molecule has 0 spiro atoms. The Morgan fingerprint density at radius 3 is 2.28 bits per heavy atom. The van der Waals surface area contributed by atoms with Crippen LogP contribution in [-0.2, 0) is 0 Å². The molecule has 2 saturated heterocycles. The van der Waals surface area contributed by atoms with Gasteiger partial charge in [-0.05, 0) is 48.9 Å². The number of benzene rings is 2. The van der Waals surface area contributed by atoms with Crippen molar-refractivity contribution in [2.24, 2.45) is 0 Å². The van der Waals surface area contributed by atoms with Crippen molar-refractivity contribution in [3.63, 3.8) is 0 Å². The van der Waals surface area contributed by atoms with Gasteiger partial charge in [0.25, 0.3) is 0 Å². The summed E-state index contributed by atoms with van der Waals surface area (Å²) in [7, 11) is 0. The predicted octanol–water partition coefficient (Wildman–Crippen LogP) is 4.57. The van der Waals surface area contributed by atoms with E-state index < -0.39 is 6.10 Å². The van der Waals surface area contributed by atoms with Gasteiger partial charge in [-0.2, -0.15) is 0 Å². The smallest absolute Gasteiger partial charge is 0.123 e. The molecule has 0 unspecified atom stereocenters. The maximum Gasteiger partial charge on any atom is 0.123 e. The summed E-state index contributed by atoms with van der Waals surface area (Å²) in [5, 5.41) is 10.6. The molecule has 25 heavy (non-hydrogen) atoms. The second-order valence-corrected chi connectivity index (χ2v) is 7.27. The van der Waals surface area contributed by atoms with Crippen LogP contribution in [0.25, 0.3) is 6.08 Å². The van der Waals surface area contributed by atoms with Gasteiger partial charge in [0.15, 0.2) is 0 Å². The van der Waals surface area contributed by atoms with Gasteiger partial charge in [-0.15, -0.1) is 0 Å². The van der Waals surface area contributed by atoms with Crippen molar-refractivity contribution < 1.29 is 9.50 Å². The SMILES string of the molecule is O[C@@H](CN1[C@@H]2CC[C@H]1CC(=Cc1ccc(F)cc1)C2)c1ccccc1. The molecule has 0 amide bonds. The molecule has 2 aliphatic heterocycles. The Morgan fingerprint density at radius 1 is 1.00 bits per heavy atom. The first-order valence-electron chi connectivity index (χ1n) is 9.13. The molecule has 1 N–H and O–H groups in total. The Kier molecular flexibility index (Phi) is 4.69. The van der Waals surface area contributed by atoms with E-state index in [1.165, 1.54) is 30.5 Å². The lowest BCUT2D eigenvalue weighted by Crippen LogP contribution is -2.42. The van der Waals surface area contributed by atoms with Crippen molar-refractivity contribution >= 4 is 6.08 Å². The van der Waals surface area contributed by atoms with Crippen LogP contribution in [-0.4, -0.2) is 28.6 Å². The fraction of sp³-hybridized carbons (Fsp3) is 0.364. The molecule has 2 fully saturated rings. The van der Waals surface area contributed by atoms with Crippen LogP contribution in [0, 0.1) is 5.82 Å². The zero-order valence-electron chi connectivity index (χ0n) is 14.3. The lowest BCUT2D eigenvalue weighted by molar-refractivity contribution is 0.0733. The summed E-state index contributed by atoms with van der Waals surface area (Å²) >= 11 is 0. The van der Waals surface area contributed by atoms with Gasteiger partial charge in [-0.1, -0.05) is 54.1 Å². The molecule has 0 radical (unpaired) electrons. The van der Waals surface area contributed by atoms with Crippen molar-refractivity contribution in [1.29, 1.82) is 0 Å². The fourth-order valence-corrected chi connectivity index (χ4v) is 4.33. The van der Waals surface area contributed by atoms with E-state index in [0.717, 1.165) is 24.0 Å². The summed E-state index contributed by atoms with van der Waals surface area (Å²) in [6.07, 6.45) is 6.30. The van der Waals surface area contributed by atoms with Gasteiger partial charge in [0.1, 0.15) is 5.82 Å². The van der Waals surface area contributed by atoms with Crippen LogP contribution in [0.15, 0.2) is 60.2 Å². The molecule has 2 aromatic carbocycles. The number of halogens is 1. The Bertz CT molecular complexity index is 724. The minimum Gasteiger partial charge on any atom is -0.387 e. The summed E-state index contributed by atoms with van der Waals surface area (Å²) in [5.41, 5.74) is 3.52. The molecule has 2 bridgehead atoms. The van der Waals surface area contributed by atoms with E-state index in [9.17, 15) is 9.50 Å². The molecule has 2 nitrogen and oxygen atoms in total. The zero-order valence-corrected chi connectivity index (χ0v) is 14.3. The molecule has 2 aliphatic rings. The van der Waals surface area contributed by atoms with E-state index >= 15 is 0 Å². The van der Waals surface area contributed by atoms with Crippen LogP contribution in [0.5, 0.6) is 0 Å². The second-order valence-electron chi connectivity index (χ2n) is 7.27. The van der Waals surface area contributed by atoms with Crippen LogP contribution in [0.4, 0.5) is 4.39 Å². The van der Waals surface area contributed by atoms with E-state index in [1.807, 2.05) is 42.5 Å². The van der Waals surface area contributed by atoms with E-state index in [2.05, 4.69) is 11.0 Å². The van der Waals surface area contributed by atoms with Gasteiger partial charge in [0, 0.05) is 18.6 Å². The van der Waals surface area contributed by atoms with E-state index in [4.69, 9.17) is 0 Å². The molecular formula is C22H24FNO. The molecule has 3 atom stereocenters. The highest BCUT2D eigenvalue weighted by Gasteiger charge is 2.39. The molecule has 0 aromatic heterocycles. The monoisotopic (exact) mass is 337 g/mol. The average Bonchev–Trinajstić information content (AvgIpc) is 2.87. The van der Waals surface area contributed by atoms with Gasteiger partial charge in [-0.3, -0.25) is 4.90 Å². The van der Waals surface area contributed by atoms with Crippen LogP contribution >= 0.6 is 0 Å². The predicted molar refractivity (Wildman–Crippen MR) is 98.5 cm³/mol. The Hall–Kier alpha value is -1.97. The first-order valence-corrected chi connectivity index (χ1v) is 9.13. The number of aliphatic hydroxyl groups is 1. The van der Waals surface area contributed by atoms with Crippen molar-refractivity contribution in [2.45, 2.75) is 43.9 Å². The van der Waals surface area contributed by atoms with Crippen molar-refractivity contribution in [3.05, 3.63) is 77.1 Å². The first-order chi connectivity index (χ1) is 12.2. The maximum atomic E-state index is 13.1. The van der Waals surface area contributed by atoms with Crippen LogP contribution in [0.2, 0.25) is 0 Å². The van der Waals surface area contributed by atoms with Gasteiger partial charge in [0.2, 0.25) is 0 Å². The minimum atomic E-state index is -0.424. The molecule has 2 aromatic rings. The number of piperidine rings is 1. The quantitative estimate of drug-likeness (QED) is 0.883. The zero-order chi connectivity index (χ0) is 17.2. The van der Waals surface area contributed by atoms with Gasteiger partial charge in [0.05, 0.1) is 6.10 Å². The number of nitrogens with zero attached hydrogens (tertiary/aromatic N) is 1. The molecule has 130 valence electrons. The lowest BCUT2D eigenvalue weighted by atomic mass is 9.94. The van der Waals surface area contributed by atoms with E-state index in [-0.39, 0.29) is 5.82 Å². The third kappa shape index (κ3) is 3.68. The fourth-order valence-electron chi connectivity index (χ4n) is 4.33. The highest BCUT2D eigenvalue weighted by Crippen LogP contribution is 2.40. The number of hydrogen-bond acceptors (Lipinski definition) is 2. The largest absolute Gasteiger partial charge is 0.387 e. The topological polar surface area (TPSA) is 23.5 Å². The Balaban J connectivity index is 1.44. The van der Waals surface area contributed by atoms with Crippen molar-refractivity contribution in [3.8, 4) is 0 Å². The highest BCUT2D eigenvalue weighted by atomic mass is 19.1. The first kappa shape index (κ1) is 16.5. The normalized spacial score (nSPS) is 26.1. The van der Waals surface area contributed by atoms with Crippen LogP contribution in [0.3, 0.4) is 0 Å². The number of hydrogen-bond donors (Lipinski definition) is 1. The summed E-state index contributed by atoms with van der Waals surface area (Å²) in [4.78, 5) is 2.50. The summed E-state index contributed by atoms with van der Waals surface area (Å²) < 4.78 is 13.1. The lowest BCUT2D eigenvalue weighted by Gasteiger charge is -2.37. The van der Waals surface area contributed by atoms with Gasteiger partial charge < -0.3 is 5.11 Å². The number of aliphatic hydroxyl groups excluding tert-OH is 1. The maximum absolute atomic E-state index is 13.1. The average molecular weight is 337 g/mol. The van der Waals surface area contributed by atoms with Crippen LogP contribution < -0.4 is 0 Å². The van der Waals surface area contributed by atoms with Crippen LogP contribution in [0.1, 0.15) is 42.9 Å². The third-order valence-electron chi connectivity index (χ3n) is 5.58. The number of rotatable bonds is 4. The number of fused-ring (bicyclic) bond motifs is 2. The highest BCUT2D eigenvalue weighted by molar-refractivity contribution is 5.53. The molecule has 0 saturated carbocycles. The Labute approximate surface area is 148 Å². The molecule has 4 rings (SSSR count). The van der Waals surface area contributed by atoms with Gasteiger partial charge >= 0.3 is 0 Å². The van der Waals surface area contributed by atoms with Crippen molar-refractivity contribution in [2.75, 3.05) is 6.54 Å². The summed E-state index contributed by atoms with van der Waals surface area (Å²) in [6, 6.07) is 17.7. The molecular weight excluding hydrogens is 313 g/mol.